The molecule has 1 aliphatic heterocycles. The Bertz CT molecular complexity index is 918. The molecule has 1 heterocycles. The first-order valence-corrected chi connectivity index (χ1v) is 10.4. The number of benzene rings is 2. The van der Waals surface area contributed by atoms with E-state index in [9.17, 15) is 9.59 Å². The number of hydrogen-bond acceptors (Lipinski definition) is 3. The van der Waals surface area contributed by atoms with Crippen LogP contribution < -0.4 is 15.1 Å². The Balaban J connectivity index is 1.73. The van der Waals surface area contributed by atoms with Gasteiger partial charge >= 0.3 is 0 Å². The number of carbonyl (C=O) groups excluding carboxylic acids is 2. The zero-order valence-corrected chi connectivity index (χ0v) is 18.1. The minimum Gasteiger partial charge on any atom is -0.372 e. The van der Waals surface area contributed by atoms with Gasteiger partial charge in [-0.05, 0) is 70.0 Å². The van der Waals surface area contributed by atoms with E-state index in [1.807, 2.05) is 45.0 Å². The summed E-state index contributed by atoms with van der Waals surface area (Å²) in [6, 6.07) is 12.1. The zero-order valence-electron chi connectivity index (χ0n) is 18.1. The van der Waals surface area contributed by atoms with Gasteiger partial charge < -0.3 is 15.1 Å². The van der Waals surface area contributed by atoms with E-state index in [1.54, 1.807) is 4.90 Å². The van der Waals surface area contributed by atoms with Crippen LogP contribution in [0.15, 0.2) is 36.4 Å². The fourth-order valence-corrected chi connectivity index (χ4v) is 4.03. The third-order valence-corrected chi connectivity index (χ3v) is 5.74. The Morgan fingerprint density at radius 1 is 1.07 bits per heavy atom. The lowest BCUT2D eigenvalue weighted by Crippen LogP contribution is -2.29. The summed E-state index contributed by atoms with van der Waals surface area (Å²) in [7, 11) is 0. The molecule has 1 fully saturated rings. The number of amides is 2. The molecule has 2 aromatic rings. The predicted molar refractivity (Wildman–Crippen MR) is 120 cm³/mol. The third-order valence-electron chi connectivity index (χ3n) is 5.74. The number of aryl methyl sites for hydroxylation is 3. The first kappa shape index (κ1) is 20.9. The van der Waals surface area contributed by atoms with Crippen molar-refractivity contribution in [1.82, 2.24) is 0 Å². The third kappa shape index (κ3) is 4.44. The van der Waals surface area contributed by atoms with Crippen LogP contribution in [0.1, 0.15) is 37.0 Å². The van der Waals surface area contributed by atoms with Crippen LogP contribution in [0.3, 0.4) is 0 Å². The SMILES string of the molecule is CCN(CC)c1ccc(N2CC(C(=O)Nc3ccc(C)cc3C)CC2=O)c(C)c1. The quantitative estimate of drug-likeness (QED) is 0.789. The van der Waals surface area contributed by atoms with Gasteiger partial charge in [-0.25, -0.2) is 0 Å². The predicted octanol–water partition coefficient (Wildman–Crippen LogP) is 4.45. The lowest BCUT2D eigenvalue weighted by atomic mass is 10.1. The molecule has 29 heavy (non-hydrogen) atoms. The zero-order chi connectivity index (χ0) is 21.1. The Labute approximate surface area is 173 Å². The van der Waals surface area contributed by atoms with Gasteiger partial charge in [-0.15, -0.1) is 0 Å². The molecule has 0 saturated carbocycles. The molecular formula is C24H31N3O2. The van der Waals surface area contributed by atoms with Crippen LogP contribution in [0.4, 0.5) is 17.1 Å². The smallest absolute Gasteiger partial charge is 0.229 e. The van der Waals surface area contributed by atoms with Crippen LogP contribution in [0.5, 0.6) is 0 Å². The highest BCUT2D eigenvalue weighted by molar-refractivity contribution is 6.04. The average molecular weight is 394 g/mol. The molecule has 154 valence electrons. The van der Waals surface area contributed by atoms with E-state index in [1.165, 1.54) is 0 Å². The summed E-state index contributed by atoms with van der Waals surface area (Å²) in [4.78, 5) is 29.5. The van der Waals surface area contributed by atoms with Crippen molar-refractivity contribution in [3.63, 3.8) is 0 Å². The van der Waals surface area contributed by atoms with E-state index in [0.717, 1.165) is 46.8 Å². The second kappa shape index (κ2) is 8.68. The summed E-state index contributed by atoms with van der Waals surface area (Å²) >= 11 is 0. The molecule has 0 spiro atoms. The Morgan fingerprint density at radius 2 is 1.79 bits per heavy atom. The van der Waals surface area contributed by atoms with Crippen molar-refractivity contribution in [2.45, 2.75) is 41.0 Å². The molecule has 1 aliphatic rings. The molecule has 0 aliphatic carbocycles. The molecule has 2 amide bonds. The van der Waals surface area contributed by atoms with E-state index in [4.69, 9.17) is 0 Å². The summed E-state index contributed by atoms with van der Waals surface area (Å²) in [6.07, 6.45) is 0.244. The maximum absolute atomic E-state index is 12.8. The van der Waals surface area contributed by atoms with Gasteiger partial charge in [-0.1, -0.05) is 17.7 Å². The van der Waals surface area contributed by atoms with E-state index in [0.29, 0.717) is 6.54 Å². The molecule has 1 atom stereocenters. The van der Waals surface area contributed by atoms with Gasteiger partial charge in [0.1, 0.15) is 0 Å². The summed E-state index contributed by atoms with van der Waals surface area (Å²) < 4.78 is 0. The number of anilines is 3. The highest BCUT2D eigenvalue weighted by Crippen LogP contribution is 2.31. The van der Waals surface area contributed by atoms with Crippen molar-refractivity contribution in [3.8, 4) is 0 Å². The molecule has 1 saturated heterocycles. The number of hydrogen-bond donors (Lipinski definition) is 1. The van der Waals surface area contributed by atoms with Crippen molar-refractivity contribution in [1.29, 1.82) is 0 Å². The van der Waals surface area contributed by atoms with E-state index < -0.39 is 0 Å². The molecule has 1 unspecified atom stereocenters. The Morgan fingerprint density at radius 3 is 2.41 bits per heavy atom. The van der Waals surface area contributed by atoms with Crippen molar-refractivity contribution < 1.29 is 9.59 Å². The van der Waals surface area contributed by atoms with Gasteiger partial charge in [0.2, 0.25) is 11.8 Å². The minimum atomic E-state index is -0.343. The molecular weight excluding hydrogens is 362 g/mol. The summed E-state index contributed by atoms with van der Waals surface area (Å²) in [6.45, 7) is 12.6. The standard InChI is InChI=1S/C24H31N3O2/c1-6-26(7-2)20-9-11-22(18(5)13-20)27-15-19(14-23(27)28)24(29)25-21-10-8-16(3)12-17(21)4/h8-13,19H,6-7,14-15H2,1-5H3,(H,25,29). The Kier molecular flexibility index (Phi) is 6.26. The van der Waals surface area contributed by atoms with Crippen LogP contribution in [-0.4, -0.2) is 31.4 Å². The molecule has 2 aromatic carbocycles. The average Bonchev–Trinajstić information content (AvgIpc) is 3.07. The number of rotatable bonds is 6. The first-order valence-electron chi connectivity index (χ1n) is 10.4. The number of nitrogens with one attached hydrogen (secondary N) is 1. The van der Waals surface area contributed by atoms with Gasteiger partial charge in [0, 0.05) is 43.1 Å². The Hall–Kier alpha value is -2.82. The normalized spacial score (nSPS) is 16.2. The lowest BCUT2D eigenvalue weighted by molar-refractivity contribution is -0.122. The van der Waals surface area contributed by atoms with Gasteiger partial charge in [0.25, 0.3) is 0 Å². The highest BCUT2D eigenvalue weighted by Gasteiger charge is 2.35. The minimum absolute atomic E-state index is 0.00414. The van der Waals surface area contributed by atoms with Crippen molar-refractivity contribution in [2.24, 2.45) is 5.92 Å². The topological polar surface area (TPSA) is 52.6 Å². The number of carbonyl (C=O) groups is 2. The molecule has 1 N–H and O–H groups in total. The fourth-order valence-electron chi connectivity index (χ4n) is 4.03. The fraction of sp³-hybridized carbons (Fsp3) is 0.417. The molecule has 3 rings (SSSR count). The van der Waals surface area contributed by atoms with Crippen LogP contribution in [-0.2, 0) is 9.59 Å². The van der Waals surface area contributed by atoms with Crippen molar-refractivity contribution >= 4 is 28.9 Å². The van der Waals surface area contributed by atoms with E-state index in [-0.39, 0.29) is 24.2 Å². The largest absolute Gasteiger partial charge is 0.372 e. The van der Waals surface area contributed by atoms with Crippen molar-refractivity contribution in [2.75, 3.05) is 34.8 Å². The van der Waals surface area contributed by atoms with Gasteiger partial charge in [-0.2, -0.15) is 0 Å². The molecule has 5 heteroatoms. The molecule has 0 aromatic heterocycles. The van der Waals surface area contributed by atoms with Gasteiger partial charge in [0.15, 0.2) is 0 Å². The highest BCUT2D eigenvalue weighted by atomic mass is 16.2. The maximum atomic E-state index is 12.8. The monoisotopic (exact) mass is 393 g/mol. The number of nitrogens with zero attached hydrogens (tertiary/aromatic N) is 2. The van der Waals surface area contributed by atoms with Crippen LogP contribution in [0.25, 0.3) is 0 Å². The van der Waals surface area contributed by atoms with Crippen LogP contribution in [0.2, 0.25) is 0 Å². The summed E-state index contributed by atoms with van der Waals surface area (Å²) in [5, 5.41) is 3.00. The molecule has 5 nitrogen and oxygen atoms in total. The van der Waals surface area contributed by atoms with E-state index >= 15 is 0 Å². The second-order valence-corrected chi connectivity index (χ2v) is 7.86. The van der Waals surface area contributed by atoms with E-state index in [2.05, 4.69) is 36.2 Å². The maximum Gasteiger partial charge on any atom is 0.229 e. The van der Waals surface area contributed by atoms with Gasteiger partial charge in [0.05, 0.1) is 5.92 Å². The molecule has 0 radical (unpaired) electrons. The van der Waals surface area contributed by atoms with Crippen LogP contribution >= 0.6 is 0 Å². The first-order chi connectivity index (χ1) is 13.8. The molecule has 0 bridgehead atoms. The van der Waals surface area contributed by atoms with Crippen LogP contribution in [0, 0.1) is 26.7 Å². The van der Waals surface area contributed by atoms with Crippen molar-refractivity contribution in [3.05, 3.63) is 53.1 Å². The lowest BCUT2D eigenvalue weighted by Gasteiger charge is -2.24. The second-order valence-electron chi connectivity index (χ2n) is 7.86. The van der Waals surface area contributed by atoms with Gasteiger partial charge in [-0.3, -0.25) is 9.59 Å². The summed E-state index contributed by atoms with van der Waals surface area (Å²) in [5.74, 6) is -0.431. The summed E-state index contributed by atoms with van der Waals surface area (Å²) in [5.41, 5.74) is 6.11.